The van der Waals surface area contributed by atoms with E-state index < -0.39 is 11.7 Å². The lowest BCUT2D eigenvalue weighted by atomic mass is 10.0. The molecule has 8 rings (SSSR count). The molecule has 2 unspecified atom stereocenters. The number of nitrogens with zero attached hydrogens (tertiary/aromatic N) is 4. The van der Waals surface area contributed by atoms with Crippen LogP contribution in [0.25, 0.3) is 44.6 Å². The van der Waals surface area contributed by atoms with Crippen molar-refractivity contribution in [2.24, 2.45) is 30.4 Å². The smallest absolute Gasteiger partial charge is 0.254 e. The van der Waals surface area contributed by atoms with Gasteiger partial charge in [0.05, 0.1) is 18.3 Å². The van der Waals surface area contributed by atoms with E-state index >= 15 is 4.39 Å². The fraction of sp³-hybridized carbons (Fsp3) is 0.343. The molecule has 230 valence electrons. The number of methoxy groups -OCH3 is 1. The lowest BCUT2D eigenvalue weighted by molar-refractivity contribution is 0.0700. The summed E-state index contributed by atoms with van der Waals surface area (Å²) in [6, 6.07) is 16.2. The molecular weight excluding hydrogens is 571 g/mol. The number of halogens is 1. The number of nitrogens with two attached hydrogens (primary N) is 2. The Labute approximate surface area is 259 Å². The number of piperidine rings is 1. The van der Waals surface area contributed by atoms with Crippen molar-refractivity contribution in [2.75, 3.05) is 13.7 Å². The first-order chi connectivity index (χ1) is 21.7. The van der Waals surface area contributed by atoms with Crippen molar-refractivity contribution in [1.82, 2.24) is 19.0 Å². The molecule has 2 aliphatic carbocycles. The molecule has 5 aromatic rings. The van der Waals surface area contributed by atoms with Crippen LogP contribution in [-0.2, 0) is 13.6 Å². The number of hydrogen-bond acceptors (Lipinski definition) is 5. The third-order valence-electron chi connectivity index (χ3n) is 10.2. The standard InChI is InChI=1S/C35H35FN6O3/c1-40-32-26(12-23(15-30(32)45-2)35(44)42-17-22-8-10-27(42)31(22)37)39-34(40)29-14-20-6-5-19(13-28(20)41(29)16-18-3-4-18)24-9-7-21(33(38)43)11-25(24)36/h5-7,9,11-15,18,22,27,31H,3-4,8,10,16-17,37H2,1-2H3,(H2,38,43)/t22?,27?,31-/m1/s1. The van der Waals surface area contributed by atoms with Gasteiger partial charge < -0.3 is 30.2 Å². The van der Waals surface area contributed by atoms with Gasteiger partial charge in [0.25, 0.3) is 5.91 Å². The minimum absolute atomic E-state index is 0.0310. The van der Waals surface area contributed by atoms with E-state index in [4.69, 9.17) is 21.2 Å². The summed E-state index contributed by atoms with van der Waals surface area (Å²) in [7, 11) is 3.58. The molecule has 3 aromatic carbocycles. The Hall–Kier alpha value is -4.70. The maximum absolute atomic E-state index is 15.1. The summed E-state index contributed by atoms with van der Waals surface area (Å²) >= 11 is 0. The van der Waals surface area contributed by atoms with Crippen molar-refractivity contribution in [1.29, 1.82) is 0 Å². The van der Waals surface area contributed by atoms with Crippen molar-refractivity contribution in [2.45, 2.75) is 44.3 Å². The summed E-state index contributed by atoms with van der Waals surface area (Å²) in [4.78, 5) is 32.3. The number of amides is 2. The molecule has 2 bridgehead atoms. The number of aryl methyl sites for hydroxylation is 1. The maximum Gasteiger partial charge on any atom is 0.254 e. The molecule has 0 spiro atoms. The Morgan fingerprint density at radius 3 is 2.51 bits per heavy atom. The van der Waals surface area contributed by atoms with E-state index in [0.29, 0.717) is 46.3 Å². The Morgan fingerprint density at radius 1 is 1.02 bits per heavy atom. The average Bonchev–Trinajstić information content (AvgIpc) is 3.44. The monoisotopic (exact) mass is 606 g/mol. The molecule has 9 nitrogen and oxygen atoms in total. The summed E-state index contributed by atoms with van der Waals surface area (Å²) < 4.78 is 25.2. The van der Waals surface area contributed by atoms with E-state index in [1.54, 1.807) is 19.2 Å². The van der Waals surface area contributed by atoms with E-state index in [9.17, 15) is 9.59 Å². The van der Waals surface area contributed by atoms with E-state index in [0.717, 1.165) is 60.2 Å². The minimum atomic E-state index is -0.665. The lowest BCUT2D eigenvalue weighted by Gasteiger charge is -2.27. The van der Waals surface area contributed by atoms with E-state index in [1.807, 2.05) is 46.8 Å². The van der Waals surface area contributed by atoms with Gasteiger partial charge in [0, 0.05) is 59.8 Å². The van der Waals surface area contributed by atoms with Gasteiger partial charge in [-0.05, 0) is 79.5 Å². The van der Waals surface area contributed by atoms with Crippen LogP contribution in [-0.4, -0.2) is 56.6 Å². The fourth-order valence-corrected chi connectivity index (χ4v) is 7.53. The summed E-state index contributed by atoms with van der Waals surface area (Å²) in [5.74, 6) is 1.08. The van der Waals surface area contributed by atoms with Crippen LogP contribution in [0.2, 0.25) is 0 Å². The molecular formula is C35H35FN6O3. The van der Waals surface area contributed by atoms with Gasteiger partial charge >= 0.3 is 0 Å². The third-order valence-corrected chi connectivity index (χ3v) is 10.2. The van der Waals surface area contributed by atoms with Crippen molar-refractivity contribution in [3.8, 4) is 28.4 Å². The van der Waals surface area contributed by atoms with Crippen LogP contribution < -0.4 is 16.2 Å². The van der Waals surface area contributed by atoms with E-state index in [2.05, 4.69) is 10.6 Å². The first-order valence-corrected chi connectivity index (χ1v) is 15.6. The molecule has 1 saturated heterocycles. The number of imidazole rings is 1. The van der Waals surface area contributed by atoms with Crippen LogP contribution in [0.3, 0.4) is 0 Å². The molecule has 2 saturated carbocycles. The van der Waals surface area contributed by atoms with Crippen LogP contribution in [0.4, 0.5) is 4.39 Å². The van der Waals surface area contributed by atoms with E-state index in [-0.39, 0.29) is 23.6 Å². The molecule has 4 N–H and O–H groups in total. The van der Waals surface area contributed by atoms with Crippen LogP contribution in [0.5, 0.6) is 5.75 Å². The summed E-state index contributed by atoms with van der Waals surface area (Å²) in [5, 5.41) is 1.01. The first kappa shape index (κ1) is 27.8. The third kappa shape index (κ3) is 4.41. The number of primary amides is 1. The number of carbonyl (C=O) groups excluding carboxylic acids is 2. The number of ether oxygens (including phenoxy) is 1. The van der Waals surface area contributed by atoms with Gasteiger partial charge in [0.1, 0.15) is 17.1 Å². The average molecular weight is 607 g/mol. The SMILES string of the molecule is COc1cc(C(=O)N2CC3CCC2[C@@H]3N)cc2nc(-c3cc4ccc(-c5ccc(C(N)=O)cc5F)cc4n3CC3CC3)n(C)c12. The molecule has 1 aliphatic heterocycles. The Bertz CT molecular complexity index is 2040. The predicted octanol–water partition coefficient (Wildman–Crippen LogP) is 5.08. The van der Waals surface area contributed by atoms with Crippen molar-refractivity contribution in [3.63, 3.8) is 0 Å². The highest BCUT2D eigenvalue weighted by molar-refractivity contribution is 6.01. The second kappa shape index (κ2) is 10.2. The van der Waals surface area contributed by atoms with Crippen molar-refractivity contribution < 1.29 is 18.7 Å². The zero-order valence-electron chi connectivity index (χ0n) is 25.3. The topological polar surface area (TPSA) is 121 Å². The Morgan fingerprint density at radius 2 is 1.84 bits per heavy atom. The number of carbonyl (C=O) groups is 2. The van der Waals surface area contributed by atoms with Crippen LogP contribution in [0, 0.1) is 17.7 Å². The van der Waals surface area contributed by atoms with Crippen molar-refractivity contribution >= 4 is 33.8 Å². The van der Waals surface area contributed by atoms with E-state index in [1.165, 1.54) is 6.07 Å². The molecule has 0 radical (unpaired) electrons. The van der Waals surface area contributed by atoms with Gasteiger partial charge in [0.15, 0.2) is 5.82 Å². The lowest BCUT2D eigenvalue weighted by Crippen LogP contribution is -2.41. The number of likely N-dealkylation sites (tertiary alicyclic amines) is 1. The Balaban J connectivity index is 1.23. The normalized spacial score (nSPS) is 20.9. The molecule has 10 heteroatoms. The molecule has 2 amide bonds. The summed E-state index contributed by atoms with van der Waals surface area (Å²) in [5.41, 5.74) is 17.0. The number of rotatable bonds is 7. The van der Waals surface area contributed by atoms with Gasteiger partial charge in [-0.25, -0.2) is 9.37 Å². The second-order valence-electron chi connectivity index (χ2n) is 12.9. The van der Waals surface area contributed by atoms with Crippen LogP contribution >= 0.6 is 0 Å². The van der Waals surface area contributed by atoms with Gasteiger partial charge in [-0.15, -0.1) is 0 Å². The van der Waals surface area contributed by atoms with Gasteiger partial charge in [-0.1, -0.05) is 18.2 Å². The van der Waals surface area contributed by atoms with Crippen LogP contribution in [0.15, 0.2) is 54.6 Å². The highest BCUT2D eigenvalue weighted by atomic mass is 19.1. The largest absolute Gasteiger partial charge is 0.494 e. The quantitative estimate of drug-likeness (QED) is 0.268. The molecule has 3 fully saturated rings. The number of aromatic nitrogens is 3. The highest BCUT2D eigenvalue weighted by Gasteiger charge is 2.47. The Kier molecular flexibility index (Phi) is 6.29. The summed E-state index contributed by atoms with van der Waals surface area (Å²) in [6.45, 7) is 1.51. The second-order valence-corrected chi connectivity index (χ2v) is 12.9. The molecule has 3 aliphatic rings. The number of fused-ring (bicyclic) bond motifs is 4. The number of benzene rings is 3. The molecule has 2 aromatic heterocycles. The maximum atomic E-state index is 15.1. The molecule has 3 heterocycles. The zero-order valence-corrected chi connectivity index (χ0v) is 25.3. The van der Waals surface area contributed by atoms with Crippen molar-refractivity contribution in [3.05, 3.63) is 71.5 Å². The minimum Gasteiger partial charge on any atom is -0.494 e. The van der Waals surface area contributed by atoms with Crippen LogP contribution in [0.1, 0.15) is 46.4 Å². The predicted molar refractivity (Wildman–Crippen MR) is 170 cm³/mol. The van der Waals surface area contributed by atoms with Gasteiger partial charge in [0.2, 0.25) is 5.91 Å². The number of hydrogen-bond donors (Lipinski definition) is 2. The molecule has 3 atom stereocenters. The summed E-state index contributed by atoms with van der Waals surface area (Å²) in [6.07, 6.45) is 4.34. The fourth-order valence-electron chi connectivity index (χ4n) is 7.53. The highest BCUT2D eigenvalue weighted by Crippen LogP contribution is 2.41. The first-order valence-electron chi connectivity index (χ1n) is 15.6. The zero-order chi connectivity index (χ0) is 31.1. The molecule has 45 heavy (non-hydrogen) atoms. The van der Waals surface area contributed by atoms with Gasteiger partial charge in [-0.3, -0.25) is 9.59 Å². The van der Waals surface area contributed by atoms with Gasteiger partial charge in [-0.2, -0.15) is 0 Å².